The highest BCUT2D eigenvalue weighted by Gasteiger charge is 2.54. The highest BCUT2D eigenvalue weighted by molar-refractivity contribution is 8.00. The summed E-state index contributed by atoms with van der Waals surface area (Å²) >= 11 is 8.23. The molecule has 1 saturated heterocycles. The minimum atomic E-state index is -0.633. The summed E-state index contributed by atoms with van der Waals surface area (Å²) in [7, 11) is 0. The number of thiol groups is 1. The van der Waals surface area contributed by atoms with Crippen LogP contribution in [0.15, 0.2) is 28.7 Å². The van der Waals surface area contributed by atoms with Crippen molar-refractivity contribution in [2.45, 2.75) is 17.8 Å². The van der Waals surface area contributed by atoms with Crippen LogP contribution in [-0.4, -0.2) is 49.2 Å². The third-order valence-electron chi connectivity index (χ3n) is 4.02. The van der Waals surface area contributed by atoms with Gasteiger partial charge in [0.25, 0.3) is 5.91 Å². The molecule has 4 rings (SSSR count). The smallest absolute Gasteiger partial charge is 0.253 e. The molecule has 0 saturated carbocycles. The molecular formula is C15H12N4O3S4. The summed E-state index contributed by atoms with van der Waals surface area (Å²) in [6.07, 6.45) is 0.239. The topological polar surface area (TPSA) is 92.3 Å². The van der Waals surface area contributed by atoms with Gasteiger partial charge < -0.3 is 5.32 Å². The number of fused-ring (bicyclic) bond motifs is 1. The van der Waals surface area contributed by atoms with Crippen molar-refractivity contribution in [3.63, 3.8) is 0 Å². The van der Waals surface area contributed by atoms with Crippen LogP contribution in [0.5, 0.6) is 0 Å². The number of hydrogen-bond donors (Lipinski definition) is 2. The van der Waals surface area contributed by atoms with E-state index < -0.39 is 11.2 Å². The zero-order valence-corrected chi connectivity index (χ0v) is 16.5. The number of thioether (sulfide) groups is 1. The van der Waals surface area contributed by atoms with Gasteiger partial charge in [-0.05, 0) is 11.4 Å². The lowest BCUT2D eigenvalue weighted by atomic mass is 10.0. The van der Waals surface area contributed by atoms with Gasteiger partial charge in [0.05, 0.1) is 6.42 Å². The Morgan fingerprint density at radius 1 is 1.38 bits per heavy atom. The molecule has 2 amide bonds. The van der Waals surface area contributed by atoms with Crippen LogP contribution in [-0.2, 0) is 20.8 Å². The van der Waals surface area contributed by atoms with E-state index in [1.165, 1.54) is 39.3 Å². The zero-order chi connectivity index (χ0) is 18.3. The van der Waals surface area contributed by atoms with Crippen molar-refractivity contribution < 1.29 is 14.4 Å². The summed E-state index contributed by atoms with van der Waals surface area (Å²) in [5.74, 6) is -0.00685. The number of carbonyl (C=O) groups excluding carboxylic acids is 3. The van der Waals surface area contributed by atoms with Crippen LogP contribution in [0.4, 0.5) is 0 Å². The number of rotatable bonds is 5. The molecule has 0 spiro atoms. The van der Waals surface area contributed by atoms with Crippen LogP contribution >= 0.6 is 47.1 Å². The molecule has 0 unspecified atom stereocenters. The second-order valence-electron chi connectivity index (χ2n) is 5.59. The predicted octanol–water partition coefficient (Wildman–Crippen LogP) is 1.41. The Hall–Kier alpha value is -1.69. The quantitative estimate of drug-likeness (QED) is 0.557. The number of carbonyl (C=O) groups is 3. The molecule has 4 heterocycles. The van der Waals surface area contributed by atoms with Crippen molar-refractivity contribution in [3.8, 4) is 0 Å². The molecule has 2 aliphatic heterocycles. The molecule has 7 nitrogen and oxygen atoms in total. The summed E-state index contributed by atoms with van der Waals surface area (Å²) in [5, 5.41) is 12.3. The molecule has 0 radical (unpaired) electrons. The van der Waals surface area contributed by atoms with Gasteiger partial charge >= 0.3 is 0 Å². The molecule has 11 heteroatoms. The van der Waals surface area contributed by atoms with Crippen LogP contribution < -0.4 is 5.32 Å². The van der Waals surface area contributed by atoms with E-state index in [1.807, 2.05) is 17.5 Å². The van der Waals surface area contributed by atoms with Crippen molar-refractivity contribution in [1.29, 1.82) is 0 Å². The Bertz CT molecular complexity index is 894. The number of aromatic nitrogens is 2. The minimum absolute atomic E-state index is 0.205. The van der Waals surface area contributed by atoms with Gasteiger partial charge in [0.2, 0.25) is 11.0 Å². The average molecular weight is 425 g/mol. The third-order valence-corrected chi connectivity index (χ3v) is 7.14. The molecule has 1 fully saturated rings. The van der Waals surface area contributed by atoms with Crippen LogP contribution in [0.3, 0.4) is 0 Å². The Morgan fingerprint density at radius 2 is 2.23 bits per heavy atom. The van der Waals surface area contributed by atoms with E-state index >= 15 is 0 Å². The lowest BCUT2D eigenvalue weighted by Crippen LogP contribution is -2.70. The minimum Gasteiger partial charge on any atom is -0.341 e. The monoisotopic (exact) mass is 424 g/mol. The van der Waals surface area contributed by atoms with Gasteiger partial charge in [-0.25, -0.2) is 0 Å². The summed E-state index contributed by atoms with van der Waals surface area (Å²) in [6, 6.07) is 3.12. The largest absolute Gasteiger partial charge is 0.341 e. The fraction of sp³-hybridized carbons (Fsp3) is 0.267. The zero-order valence-electron chi connectivity index (χ0n) is 13.1. The first-order valence-electron chi connectivity index (χ1n) is 7.55. The lowest BCUT2D eigenvalue weighted by Gasteiger charge is -2.49. The van der Waals surface area contributed by atoms with Gasteiger partial charge in [-0.1, -0.05) is 18.7 Å². The molecule has 2 aliphatic rings. The van der Waals surface area contributed by atoms with Crippen molar-refractivity contribution >= 4 is 69.6 Å². The molecule has 26 heavy (non-hydrogen) atoms. The van der Waals surface area contributed by atoms with Crippen molar-refractivity contribution in [2.75, 3.05) is 5.75 Å². The van der Waals surface area contributed by atoms with Gasteiger partial charge in [0.1, 0.15) is 27.6 Å². The van der Waals surface area contributed by atoms with Gasteiger partial charge in [0.15, 0.2) is 0 Å². The fourth-order valence-electron chi connectivity index (χ4n) is 2.88. The molecular weight excluding hydrogens is 412 g/mol. The van der Waals surface area contributed by atoms with Gasteiger partial charge in [-0.15, -0.1) is 44.6 Å². The first kappa shape index (κ1) is 17.7. The Morgan fingerprint density at radius 3 is 2.88 bits per heavy atom. The highest BCUT2D eigenvalue weighted by Crippen LogP contribution is 2.44. The first-order valence-corrected chi connectivity index (χ1v) is 10.8. The molecule has 0 aromatic carbocycles. The summed E-state index contributed by atoms with van der Waals surface area (Å²) < 4.78 is 0. The Labute approximate surface area is 166 Å². The average Bonchev–Trinajstić information content (AvgIpc) is 3.32. The highest BCUT2D eigenvalue weighted by atomic mass is 32.2. The van der Waals surface area contributed by atoms with E-state index in [1.54, 1.807) is 5.51 Å². The maximum Gasteiger partial charge on any atom is 0.253 e. The van der Waals surface area contributed by atoms with Gasteiger partial charge in [0, 0.05) is 16.2 Å². The van der Waals surface area contributed by atoms with E-state index in [9.17, 15) is 14.4 Å². The maximum atomic E-state index is 12.6. The molecule has 2 atom stereocenters. The van der Waals surface area contributed by atoms with E-state index in [4.69, 9.17) is 0 Å². The number of thiophene rings is 1. The standard InChI is InChI=1S/C15H12N4O3S4/c20-9(4-7-2-1-3-24-7)17-10-13(21)19-11(15(22)23)8(5-25-14(10)19)12-18-16-6-26-12/h1-3,6,10,14H,4-5H2,(H,17,20)(H,22,23)/t10-,14-/m1/s1. The summed E-state index contributed by atoms with van der Waals surface area (Å²) in [5.41, 5.74) is 2.47. The second kappa shape index (κ2) is 7.14. The van der Waals surface area contributed by atoms with E-state index in [2.05, 4.69) is 28.1 Å². The van der Waals surface area contributed by atoms with E-state index in [0.717, 1.165) is 4.88 Å². The summed E-state index contributed by atoms with van der Waals surface area (Å²) in [6.45, 7) is 0. The molecule has 134 valence electrons. The van der Waals surface area contributed by atoms with Crippen LogP contribution in [0.1, 0.15) is 9.88 Å². The number of nitrogens with one attached hydrogen (secondary N) is 1. The predicted molar refractivity (Wildman–Crippen MR) is 104 cm³/mol. The number of amides is 2. The molecule has 0 bridgehead atoms. The SMILES string of the molecule is O=C(Cc1cccs1)N[C@@H]1C(=O)N2C(C(=O)S)=C(c3nncs3)CS[C@H]12. The number of β-lactam (4-membered cyclic amide) rings is 1. The van der Waals surface area contributed by atoms with Crippen LogP contribution in [0.2, 0.25) is 0 Å². The molecule has 2 aromatic heterocycles. The molecule has 2 aromatic rings. The Balaban J connectivity index is 1.52. The van der Waals surface area contributed by atoms with E-state index in [-0.39, 0.29) is 29.3 Å². The van der Waals surface area contributed by atoms with Crippen molar-refractivity contribution in [3.05, 3.63) is 38.6 Å². The third kappa shape index (κ3) is 3.08. The number of nitrogens with zero attached hydrogens (tertiary/aromatic N) is 3. The van der Waals surface area contributed by atoms with E-state index in [0.29, 0.717) is 16.3 Å². The maximum absolute atomic E-state index is 12.6. The number of hydrogen-bond acceptors (Lipinski definition) is 8. The van der Waals surface area contributed by atoms with Crippen molar-refractivity contribution in [2.24, 2.45) is 0 Å². The second-order valence-corrected chi connectivity index (χ2v) is 8.96. The normalized spacial score (nSPS) is 22.0. The first-order chi connectivity index (χ1) is 12.6. The molecule has 0 aliphatic carbocycles. The van der Waals surface area contributed by atoms with Crippen LogP contribution in [0, 0.1) is 0 Å². The Kier molecular flexibility index (Phi) is 4.86. The lowest BCUT2D eigenvalue weighted by molar-refractivity contribution is -0.146. The van der Waals surface area contributed by atoms with Crippen LogP contribution in [0.25, 0.3) is 5.57 Å². The summed E-state index contributed by atoms with van der Waals surface area (Å²) in [4.78, 5) is 39.2. The van der Waals surface area contributed by atoms with Gasteiger partial charge in [-0.3, -0.25) is 19.3 Å². The molecule has 1 N–H and O–H groups in total. The van der Waals surface area contributed by atoms with Crippen molar-refractivity contribution in [1.82, 2.24) is 20.4 Å². The van der Waals surface area contributed by atoms with Gasteiger partial charge in [-0.2, -0.15) is 0 Å². The fourth-order valence-corrected chi connectivity index (χ4v) is 5.87.